The van der Waals surface area contributed by atoms with Crippen LogP contribution in [0.15, 0.2) is 22.7 Å². The molecular weight excluding hydrogens is 246 g/mol. The lowest BCUT2D eigenvalue weighted by Gasteiger charge is -2.05. The fourth-order valence-corrected chi connectivity index (χ4v) is 1.68. The van der Waals surface area contributed by atoms with E-state index in [-0.39, 0.29) is 0 Å². The first kappa shape index (κ1) is 11.0. The first-order valence-electron chi connectivity index (χ1n) is 4.27. The third-order valence-corrected chi connectivity index (χ3v) is 2.41. The molecule has 0 saturated heterocycles. The van der Waals surface area contributed by atoms with Crippen molar-refractivity contribution in [1.82, 2.24) is 0 Å². The number of ether oxygens (including phenoxy) is 1. The van der Waals surface area contributed by atoms with Gasteiger partial charge < -0.3 is 10.5 Å². The van der Waals surface area contributed by atoms with Crippen molar-refractivity contribution in [2.45, 2.75) is 13.3 Å². The molecule has 0 aromatic heterocycles. The van der Waals surface area contributed by atoms with Crippen molar-refractivity contribution in [3.05, 3.63) is 33.8 Å². The highest BCUT2D eigenvalue weighted by molar-refractivity contribution is 9.10. The van der Waals surface area contributed by atoms with Gasteiger partial charge in [0, 0.05) is 10.9 Å². The fourth-order valence-electron chi connectivity index (χ4n) is 1.20. The van der Waals surface area contributed by atoms with E-state index >= 15 is 0 Å². The lowest BCUT2D eigenvalue weighted by Crippen LogP contribution is -2.14. The van der Waals surface area contributed by atoms with Crippen LogP contribution in [0.2, 0.25) is 0 Å². The Balaban J connectivity index is 2.55. The Hall–Kier alpha value is -1.03. The van der Waals surface area contributed by atoms with Gasteiger partial charge in [0.2, 0.25) is 0 Å². The second kappa shape index (κ2) is 5.00. The molecule has 0 bridgehead atoms. The molecule has 1 rings (SSSR count). The van der Waals surface area contributed by atoms with Crippen molar-refractivity contribution >= 4 is 22.0 Å². The zero-order chi connectivity index (χ0) is 10.6. The summed E-state index contributed by atoms with van der Waals surface area (Å²) in [6.45, 7) is 2.35. The predicted molar refractivity (Wildman–Crippen MR) is 58.1 cm³/mol. The van der Waals surface area contributed by atoms with Crippen LogP contribution in [-0.4, -0.2) is 12.7 Å². The Bertz CT molecular complexity index is 339. The Kier molecular flexibility index (Phi) is 3.95. The molecule has 0 heterocycles. The first-order chi connectivity index (χ1) is 6.59. The molecule has 0 spiro atoms. The summed E-state index contributed by atoms with van der Waals surface area (Å²) in [5.74, 6) is 0. The third-order valence-electron chi connectivity index (χ3n) is 1.92. The van der Waals surface area contributed by atoms with Gasteiger partial charge in [-0.05, 0) is 30.2 Å². The van der Waals surface area contributed by atoms with Crippen LogP contribution < -0.4 is 5.73 Å². The highest BCUT2D eigenvalue weighted by atomic mass is 79.9. The van der Waals surface area contributed by atoms with E-state index < -0.39 is 6.09 Å². The molecule has 3 nitrogen and oxygen atoms in total. The Morgan fingerprint density at radius 3 is 2.86 bits per heavy atom. The number of halogens is 1. The Labute approximate surface area is 91.4 Å². The molecule has 76 valence electrons. The van der Waals surface area contributed by atoms with Crippen molar-refractivity contribution < 1.29 is 9.53 Å². The van der Waals surface area contributed by atoms with Crippen LogP contribution >= 0.6 is 15.9 Å². The molecule has 0 aliphatic rings. The van der Waals surface area contributed by atoms with E-state index in [9.17, 15) is 4.79 Å². The SMILES string of the molecule is Cc1cc(Br)ccc1CCOC(N)=O. The smallest absolute Gasteiger partial charge is 0.404 e. The summed E-state index contributed by atoms with van der Waals surface area (Å²) in [6.07, 6.45) is -0.0260. The van der Waals surface area contributed by atoms with E-state index in [1.165, 1.54) is 5.56 Å². The van der Waals surface area contributed by atoms with Crippen molar-refractivity contribution in [3.63, 3.8) is 0 Å². The molecule has 4 heteroatoms. The topological polar surface area (TPSA) is 52.3 Å². The summed E-state index contributed by atoms with van der Waals surface area (Å²) >= 11 is 3.38. The van der Waals surface area contributed by atoms with Crippen molar-refractivity contribution in [2.24, 2.45) is 5.73 Å². The van der Waals surface area contributed by atoms with Gasteiger partial charge in [-0.3, -0.25) is 0 Å². The Morgan fingerprint density at radius 2 is 2.29 bits per heavy atom. The number of aryl methyl sites for hydroxylation is 1. The number of hydrogen-bond donors (Lipinski definition) is 1. The average Bonchev–Trinajstić information content (AvgIpc) is 2.08. The number of rotatable bonds is 3. The minimum atomic E-state index is -0.722. The predicted octanol–water partition coefficient (Wildman–Crippen LogP) is 2.40. The maximum atomic E-state index is 10.3. The van der Waals surface area contributed by atoms with E-state index in [0.29, 0.717) is 13.0 Å². The van der Waals surface area contributed by atoms with Crippen LogP contribution in [0.1, 0.15) is 11.1 Å². The maximum absolute atomic E-state index is 10.3. The van der Waals surface area contributed by atoms with Gasteiger partial charge in [0.05, 0.1) is 6.61 Å². The van der Waals surface area contributed by atoms with E-state index in [1.54, 1.807) is 0 Å². The standard InChI is InChI=1S/C10H12BrNO2/c1-7-6-9(11)3-2-8(7)4-5-14-10(12)13/h2-3,6H,4-5H2,1H3,(H2,12,13). The summed E-state index contributed by atoms with van der Waals surface area (Å²) in [6, 6.07) is 6.00. The number of primary amides is 1. The monoisotopic (exact) mass is 257 g/mol. The summed E-state index contributed by atoms with van der Waals surface area (Å²) in [7, 11) is 0. The van der Waals surface area contributed by atoms with Gasteiger partial charge in [0.1, 0.15) is 0 Å². The molecule has 14 heavy (non-hydrogen) atoms. The lowest BCUT2D eigenvalue weighted by molar-refractivity contribution is 0.158. The van der Waals surface area contributed by atoms with Crippen LogP contribution in [0.5, 0.6) is 0 Å². The number of amides is 1. The number of nitrogens with two attached hydrogens (primary N) is 1. The van der Waals surface area contributed by atoms with E-state index in [4.69, 9.17) is 5.73 Å². The molecule has 2 N–H and O–H groups in total. The molecule has 0 saturated carbocycles. The van der Waals surface area contributed by atoms with Crippen LogP contribution in [0, 0.1) is 6.92 Å². The quantitative estimate of drug-likeness (QED) is 0.904. The molecular formula is C10H12BrNO2. The highest BCUT2D eigenvalue weighted by Crippen LogP contribution is 2.16. The molecule has 0 radical (unpaired) electrons. The van der Waals surface area contributed by atoms with Crippen molar-refractivity contribution in [3.8, 4) is 0 Å². The average molecular weight is 258 g/mol. The normalized spacial score (nSPS) is 9.86. The van der Waals surface area contributed by atoms with Gasteiger partial charge in [-0.25, -0.2) is 4.79 Å². The minimum absolute atomic E-state index is 0.331. The first-order valence-corrected chi connectivity index (χ1v) is 5.06. The van der Waals surface area contributed by atoms with E-state index in [2.05, 4.69) is 20.7 Å². The molecule has 1 amide bonds. The second-order valence-electron chi connectivity index (χ2n) is 2.99. The number of benzene rings is 1. The zero-order valence-electron chi connectivity index (χ0n) is 7.92. The molecule has 0 aliphatic heterocycles. The van der Waals surface area contributed by atoms with Crippen LogP contribution in [0.4, 0.5) is 4.79 Å². The van der Waals surface area contributed by atoms with Crippen molar-refractivity contribution in [2.75, 3.05) is 6.61 Å². The van der Waals surface area contributed by atoms with Gasteiger partial charge in [0.25, 0.3) is 0 Å². The maximum Gasteiger partial charge on any atom is 0.404 e. The summed E-state index contributed by atoms with van der Waals surface area (Å²) in [5, 5.41) is 0. The highest BCUT2D eigenvalue weighted by Gasteiger charge is 2.00. The van der Waals surface area contributed by atoms with Gasteiger partial charge in [-0.2, -0.15) is 0 Å². The van der Waals surface area contributed by atoms with Gasteiger partial charge in [-0.1, -0.05) is 22.0 Å². The van der Waals surface area contributed by atoms with Crippen molar-refractivity contribution in [1.29, 1.82) is 0 Å². The third kappa shape index (κ3) is 3.38. The van der Waals surface area contributed by atoms with Gasteiger partial charge in [-0.15, -0.1) is 0 Å². The van der Waals surface area contributed by atoms with Crippen LogP contribution in [-0.2, 0) is 11.2 Å². The Morgan fingerprint density at radius 1 is 1.57 bits per heavy atom. The molecule has 0 unspecified atom stereocenters. The number of hydrogen-bond acceptors (Lipinski definition) is 2. The summed E-state index contributed by atoms with van der Waals surface area (Å²) < 4.78 is 5.71. The summed E-state index contributed by atoms with van der Waals surface area (Å²) in [5.41, 5.74) is 7.19. The summed E-state index contributed by atoms with van der Waals surface area (Å²) in [4.78, 5) is 10.3. The van der Waals surface area contributed by atoms with E-state index in [1.807, 2.05) is 25.1 Å². The zero-order valence-corrected chi connectivity index (χ0v) is 9.50. The largest absolute Gasteiger partial charge is 0.449 e. The van der Waals surface area contributed by atoms with Crippen LogP contribution in [0.25, 0.3) is 0 Å². The molecule has 0 fully saturated rings. The lowest BCUT2D eigenvalue weighted by atomic mass is 10.1. The minimum Gasteiger partial charge on any atom is -0.449 e. The van der Waals surface area contributed by atoms with Crippen LogP contribution in [0.3, 0.4) is 0 Å². The van der Waals surface area contributed by atoms with Gasteiger partial charge in [0.15, 0.2) is 0 Å². The molecule has 0 atom stereocenters. The number of carbonyl (C=O) groups is 1. The number of carbonyl (C=O) groups excluding carboxylic acids is 1. The molecule has 0 aliphatic carbocycles. The molecule has 1 aromatic carbocycles. The van der Waals surface area contributed by atoms with E-state index in [0.717, 1.165) is 10.0 Å². The molecule has 1 aromatic rings. The van der Waals surface area contributed by atoms with Gasteiger partial charge >= 0.3 is 6.09 Å². The second-order valence-corrected chi connectivity index (χ2v) is 3.90. The fraction of sp³-hybridized carbons (Fsp3) is 0.300.